The molecule has 0 aliphatic rings. The molecule has 7 heteroatoms. The van der Waals surface area contributed by atoms with Crippen LogP contribution in [0.2, 0.25) is 0 Å². The molecule has 0 spiro atoms. The van der Waals surface area contributed by atoms with Gasteiger partial charge in [0, 0.05) is 14.9 Å². The van der Waals surface area contributed by atoms with E-state index in [9.17, 15) is 4.79 Å². The molecule has 2 aromatic carbocycles. The van der Waals surface area contributed by atoms with Crippen molar-refractivity contribution in [3.05, 3.63) is 80.2 Å². The minimum absolute atomic E-state index is 0.384. The highest BCUT2D eigenvalue weighted by Crippen LogP contribution is 2.31. The molecule has 138 valence electrons. The number of hydrogen-bond acceptors (Lipinski definition) is 4. The summed E-state index contributed by atoms with van der Waals surface area (Å²) in [5, 5.41) is 7.42. The molecule has 0 unspecified atom stereocenters. The second-order valence-electron chi connectivity index (χ2n) is 5.67. The number of halogens is 1. The Labute approximate surface area is 181 Å². The number of ether oxygens (including phenoxy) is 1. The van der Waals surface area contributed by atoms with Gasteiger partial charge in [0.15, 0.2) is 5.11 Å². The van der Waals surface area contributed by atoms with Crippen LogP contribution in [0, 0.1) is 3.57 Å². The van der Waals surface area contributed by atoms with Gasteiger partial charge in [0.05, 0.1) is 18.4 Å². The molecule has 0 radical (unpaired) electrons. The van der Waals surface area contributed by atoms with E-state index in [2.05, 4.69) is 45.4 Å². The first-order valence-electron chi connectivity index (χ1n) is 8.14. The number of benzene rings is 2. The summed E-state index contributed by atoms with van der Waals surface area (Å²) in [7, 11) is 1.38. The Balaban J connectivity index is 1.79. The quantitative estimate of drug-likeness (QED) is 0.269. The van der Waals surface area contributed by atoms with Crippen molar-refractivity contribution in [1.82, 2.24) is 0 Å². The van der Waals surface area contributed by atoms with Crippen LogP contribution in [0.5, 0.6) is 0 Å². The summed E-state index contributed by atoms with van der Waals surface area (Å²) in [6.07, 6.45) is 0.744. The molecule has 0 fully saturated rings. The third kappa shape index (κ3) is 5.27. The molecule has 1 aromatic heterocycles. The predicted molar refractivity (Wildman–Crippen MR) is 124 cm³/mol. The Bertz CT molecular complexity index is 958. The summed E-state index contributed by atoms with van der Waals surface area (Å²) in [5.41, 5.74) is 2.58. The van der Waals surface area contributed by atoms with Crippen molar-refractivity contribution in [3.8, 4) is 0 Å². The van der Waals surface area contributed by atoms with Crippen LogP contribution in [0.1, 0.15) is 20.8 Å². The summed E-state index contributed by atoms with van der Waals surface area (Å²) in [5.74, 6) is -0.384. The van der Waals surface area contributed by atoms with Crippen molar-refractivity contribution >= 4 is 67.9 Å². The molecular formula is C20H17IN2O2S2. The smallest absolute Gasteiger partial charge is 0.340 e. The van der Waals surface area contributed by atoms with E-state index in [-0.39, 0.29) is 5.97 Å². The number of esters is 1. The zero-order valence-corrected chi connectivity index (χ0v) is 18.3. The number of rotatable bonds is 5. The Hall–Kier alpha value is -1.97. The van der Waals surface area contributed by atoms with E-state index >= 15 is 0 Å². The maximum atomic E-state index is 12.2. The number of carbonyl (C=O) groups excluding carboxylic acids is 1. The summed E-state index contributed by atoms with van der Waals surface area (Å²) in [6.45, 7) is 0. The zero-order chi connectivity index (χ0) is 19.2. The number of hydrogen-bond donors (Lipinski definition) is 2. The van der Waals surface area contributed by atoms with E-state index in [0.717, 1.165) is 20.6 Å². The lowest BCUT2D eigenvalue weighted by Crippen LogP contribution is -2.20. The zero-order valence-electron chi connectivity index (χ0n) is 14.5. The van der Waals surface area contributed by atoms with Crippen LogP contribution >= 0.6 is 46.1 Å². The lowest BCUT2D eigenvalue weighted by atomic mass is 10.1. The second kappa shape index (κ2) is 9.29. The average molecular weight is 508 g/mol. The van der Waals surface area contributed by atoms with Crippen LogP contribution in [-0.4, -0.2) is 18.2 Å². The maximum absolute atomic E-state index is 12.2. The standard InChI is InChI=1S/C20H17IN2O2S2/c1-25-19(24)15-12-14(11-13-7-3-2-4-8-13)27-18(15)23-20(26)22-17-10-6-5-9-16(17)21/h2-10,12H,11H2,1H3,(H2,22,23,26). The fourth-order valence-corrected chi connectivity index (χ4v) is 4.38. The van der Waals surface area contributed by atoms with E-state index in [1.165, 1.54) is 24.0 Å². The lowest BCUT2D eigenvalue weighted by Gasteiger charge is -2.11. The minimum Gasteiger partial charge on any atom is -0.465 e. The van der Waals surface area contributed by atoms with Crippen molar-refractivity contribution in [2.24, 2.45) is 0 Å². The number of carbonyl (C=O) groups is 1. The van der Waals surface area contributed by atoms with Gasteiger partial charge in [-0.3, -0.25) is 0 Å². The van der Waals surface area contributed by atoms with Gasteiger partial charge in [-0.25, -0.2) is 4.79 Å². The Kier molecular flexibility index (Phi) is 6.81. The number of para-hydroxylation sites is 1. The van der Waals surface area contributed by atoms with Gasteiger partial charge in [-0.15, -0.1) is 11.3 Å². The molecule has 3 aromatic rings. The number of thiophene rings is 1. The number of thiocarbonyl (C=S) groups is 1. The van der Waals surface area contributed by atoms with Gasteiger partial charge in [0.25, 0.3) is 0 Å². The highest BCUT2D eigenvalue weighted by atomic mass is 127. The fraction of sp³-hybridized carbons (Fsp3) is 0.100. The largest absolute Gasteiger partial charge is 0.465 e. The lowest BCUT2D eigenvalue weighted by molar-refractivity contribution is 0.0602. The monoisotopic (exact) mass is 508 g/mol. The Morgan fingerprint density at radius 1 is 1.11 bits per heavy atom. The highest BCUT2D eigenvalue weighted by Gasteiger charge is 2.18. The first-order valence-corrected chi connectivity index (χ1v) is 10.4. The fourth-order valence-electron chi connectivity index (χ4n) is 2.50. The molecule has 4 nitrogen and oxygen atoms in total. The Morgan fingerprint density at radius 2 is 1.81 bits per heavy atom. The van der Waals surface area contributed by atoms with Gasteiger partial charge in [-0.05, 0) is 58.6 Å². The van der Waals surface area contributed by atoms with Crippen LogP contribution in [0.4, 0.5) is 10.7 Å². The molecule has 0 aliphatic heterocycles. The normalized spacial score (nSPS) is 10.3. The van der Waals surface area contributed by atoms with Crippen LogP contribution < -0.4 is 10.6 Å². The SMILES string of the molecule is COC(=O)c1cc(Cc2ccccc2)sc1NC(=S)Nc1ccccc1I. The van der Waals surface area contributed by atoms with E-state index in [4.69, 9.17) is 17.0 Å². The van der Waals surface area contributed by atoms with Gasteiger partial charge in [0.1, 0.15) is 5.00 Å². The van der Waals surface area contributed by atoms with Crippen molar-refractivity contribution < 1.29 is 9.53 Å². The molecule has 27 heavy (non-hydrogen) atoms. The van der Waals surface area contributed by atoms with Crippen molar-refractivity contribution in [2.45, 2.75) is 6.42 Å². The van der Waals surface area contributed by atoms with Gasteiger partial charge in [0.2, 0.25) is 0 Å². The van der Waals surface area contributed by atoms with Crippen LogP contribution in [-0.2, 0) is 11.2 Å². The maximum Gasteiger partial charge on any atom is 0.340 e. The third-order valence-corrected chi connectivity index (χ3v) is 5.95. The van der Waals surface area contributed by atoms with Gasteiger partial charge >= 0.3 is 5.97 Å². The van der Waals surface area contributed by atoms with E-state index in [0.29, 0.717) is 15.7 Å². The third-order valence-electron chi connectivity index (χ3n) is 3.76. The first kappa shape index (κ1) is 19.8. The van der Waals surface area contributed by atoms with Crippen molar-refractivity contribution in [1.29, 1.82) is 0 Å². The second-order valence-corrected chi connectivity index (χ2v) is 8.38. The van der Waals surface area contributed by atoms with Crippen molar-refractivity contribution in [3.63, 3.8) is 0 Å². The summed E-state index contributed by atoms with van der Waals surface area (Å²) in [4.78, 5) is 13.2. The number of nitrogens with one attached hydrogen (secondary N) is 2. The predicted octanol–water partition coefficient (Wildman–Crippen LogP) is 5.54. The number of anilines is 2. The first-order chi connectivity index (χ1) is 13.1. The van der Waals surface area contributed by atoms with E-state index < -0.39 is 0 Å². The highest BCUT2D eigenvalue weighted by molar-refractivity contribution is 14.1. The topological polar surface area (TPSA) is 50.4 Å². The Morgan fingerprint density at radius 3 is 2.52 bits per heavy atom. The van der Waals surface area contributed by atoms with Gasteiger partial charge < -0.3 is 15.4 Å². The molecule has 0 amide bonds. The van der Waals surface area contributed by atoms with Gasteiger partial charge in [-0.1, -0.05) is 42.5 Å². The summed E-state index contributed by atoms with van der Waals surface area (Å²) in [6, 6.07) is 19.8. The molecule has 3 rings (SSSR count). The molecule has 0 aliphatic carbocycles. The molecule has 0 saturated carbocycles. The molecule has 1 heterocycles. The molecule has 0 bridgehead atoms. The van der Waals surface area contributed by atoms with Crippen LogP contribution in [0.15, 0.2) is 60.7 Å². The molecule has 2 N–H and O–H groups in total. The van der Waals surface area contributed by atoms with E-state index in [1.54, 1.807) is 0 Å². The molecule has 0 saturated heterocycles. The summed E-state index contributed by atoms with van der Waals surface area (Å²) >= 11 is 9.17. The van der Waals surface area contributed by atoms with Crippen LogP contribution in [0.25, 0.3) is 0 Å². The van der Waals surface area contributed by atoms with Gasteiger partial charge in [-0.2, -0.15) is 0 Å². The molecule has 0 atom stereocenters. The average Bonchev–Trinajstić information content (AvgIpc) is 3.05. The van der Waals surface area contributed by atoms with Crippen LogP contribution in [0.3, 0.4) is 0 Å². The minimum atomic E-state index is -0.384. The van der Waals surface area contributed by atoms with Crippen molar-refractivity contribution in [2.75, 3.05) is 17.7 Å². The summed E-state index contributed by atoms with van der Waals surface area (Å²) < 4.78 is 5.98. The van der Waals surface area contributed by atoms with E-state index in [1.807, 2.05) is 48.5 Å². The number of methoxy groups -OCH3 is 1. The molecular weight excluding hydrogens is 491 g/mol.